The Labute approximate surface area is 161 Å². The van der Waals surface area contributed by atoms with Gasteiger partial charge in [0.1, 0.15) is 0 Å². The van der Waals surface area contributed by atoms with E-state index in [9.17, 15) is 13.2 Å². The summed E-state index contributed by atoms with van der Waals surface area (Å²) in [7, 11) is -3.66. The van der Waals surface area contributed by atoms with Crippen molar-refractivity contribution in [2.24, 2.45) is 0 Å². The van der Waals surface area contributed by atoms with Gasteiger partial charge in [0.2, 0.25) is 10.0 Å². The van der Waals surface area contributed by atoms with Crippen LogP contribution in [0.1, 0.15) is 37.0 Å². The van der Waals surface area contributed by atoms with Crippen LogP contribution in [0.3, 0.4) is 0 Å². The minimum absolute atomic E-state index is 0.0677. The van der Waals surface area contributed by atoms with Crippen molar-refractivity contribution in [2.75, 3.05) is 39.3 Å². The second kappa shape index (κ2) is 8.68. The number of carbonyl (C=O) groups is 1. The molecule has 0 bridgehead atoms. The molecule has 0 radical (unpaired) electrons. The molecular formula is C19H29N3O4S. The van der Waals surface area contributed by atoms with Crippen LogP contribution in [0, 0.1) is 0 Å². The summed E-state index contributed by atoms with van der Waals surface area (Å²) < 4.78 is 33.2. The van der Waals surface area contributed by atoms with Crippen molar-refractivity contribution in [2.45, 2.75) is 43.7 Å². The van der Waals surface area contributed by atoms with E-state index < -0.39 is 10.0 Å². The number of rotatable bonds is 6. The van der Waals surface area contributed by atoms with Gasteiger partial charge in [-0.05, 0) is 44.9 Å². The van der Waals surface area contributed by atoms with Gasteiger partial charge in [-0.1, -0.05) is 6.07 Å². The molecule has 27 heavy (non-hydrogen) atoms. The third-order valence-corrected chi connectivity index (χ3v) is 6.67. The van der Waals surface area contributed by atoms with Crippen LogP contribution in [0.25, 0.3) is 0 Å². The first-order chi connectivity index (χ1) is 12.9. The van der Waals surface area contributed by atoms with E-state index in [-0.39, 0.29) is 23.5 Å². The lowest BCUT2D eigenvalue weighted by Gasteiger charge is -2.37. The number of hydrogen-bond acceptors (Lipinski definition) is 5. The molecule has 1 aromatic carbocycles. The maximum Gasteiger partial charge on any atom is 0.253 e. The third kappa shape index (κ3) is 5.07. The molecule has 3 rings (SSSR count). The minimum atomic E-state index is -3.66. The van der Waals surface area contributed by atoms with Gasteiger partial charge in [-0.25, -0.2) is 13.1 Å². The molecule has 0 saturated carbocycles. The second-order valence-corrected chi connectivity index (χ2v) is 9.20. The van der Waals surface area contributed by atoms with E-state index in [1.807, 2.05) is 0 Å². The smallest absolute Gasteiger partial charge is 0.253 e. The topological polar surface area (TPSA) is 79.0 Å². The zero-order chi connectivity index (χ0) is 19.4. The fourth-order valence-corrected chi connectivity index (χ4v) is 4.62. The number of nitrogens with one attached hydrogen (secondary N) is 1. The number of carbonyl (C=O) groups excluding carboxylic acids is 1. The first-order valence-electron chi connectivity index (χ1n) is 9.61. The van der Waals surface area contributed by atoms with Crippen LogP contribution in [0.5, 0.6) is 0 Å². The molecule has 7 nitrogen and oxygen atoms in total. The maximum atomic E-state index is 12.8. The molecule has 150 valence electrons. The van der Waals surface area contributed by atoms with Crippen LogP contribution < -0.4 is 4.72 Å². The number of hydrogen-bond donors (Lipinski definition) is 1. The Morgan fingerprint density at radius 3 is 2.63 bits per heavy atom. The number of sulfonamides is 1. The van der Waals surface area contributed by atoms with Crippen molar-refractivity contribution in [3.63, 3.8) is 0 Å². The normalized spacial score (nSPS) is 21.7. The van der Waals surface area contributed by atoms with Gasteiger partial charge in [-0.2, -0.15) is 0 Å². The lowest BCUT2D eigenvalue weighted by atomic mass is 10.1. The van der Waals surface area contributed by atoms with E-state index in [1.165, 1.54) is 12.1 Å². The molecule has 2 aliphatic rings. The Balaban J connectivity index is 1.65. The standard InChI is InChI=1S/C19H29N3O4S/c1-15(2)21-8-10-22(11-9-21)19(23)16-5-3-7-18(13-16)27(24,25)20-14-17-6-4-12-26-17/h3,5,7,13,15,17,20H,4,6,8-12,14H2,1-2H3. The Morgan fingerprint density at radius 2 is 2.00 bits per heavy atom. The highest BCUT2D eigenvalue weighted by atomic mass is 32.2. The van der Waals surface area contributed by atoms with Gasteiger partial charge in [0.15, 0.2) is 0 Å². The van der Waals surface area contributed by atoms with Gasteiger partial charge in [-0.15, -0.1) is 0 Å². The highest BCUT2D eigenvalue weighted by Gasteiger charge is 2.25. The van der Waals surface area contributed by atoms with Crippen LogP contribution >= 0.6 is 0 Å². The van der Waals surface area contributed by atoms with Crippen LogP contribution in [-0.2, 0) is 14.8 Å². The number of ether oxygens (including phenoxy) is 1. The second-order valence-electron chi connectivity index (χ2n) is 7.44. The van der Waals surface area contributed by atoms with E-state index in [0.717, 1.165) is 25.9 Å². The number of amides is 1. The van der Waals surface area contributed by atoms with E-state index in [4.69, 9.17) is 4.74 Å². The van der Waals surface area contributed by atoms with Gasteiger partial charge >= 0.3 is 0 Å². The Hall–Kier alpha value is -1.48. The first kappa shape index (κ1) is 20.3. The molecule has 2 heterocycles. The summed E-state index contributed by atoms with van der Waals surface area (Å²) in [6, 6.07) is 6.75. The maximum absolute atomic E-state index is 12.8. The van der Waals surface area contributed by atoms with E-state index in [0.29, 0.717) is 31.3 Å². The quantitative estimate of drug-likeness (QED) is 0.786. The number of benzene rings is 1. The van der Waals surface area contributed by atoms with Gasteiger partial charge in [0, 0.05) is 50.9 Å². The van der Waals surface area contributed by atoms with Crippen molar-refractivity contribution >= 4 is 15.9 Å². The van der Waals surface area contributed by atoms with Gasteiger partial charge in [0.25, 0.3) is 5.91 Å². The van der Waals surface area contributed by atoms with Crippen molar-refractivity contribution in [3.05, 3.63) is 29.8 Å². The molecule has 2 saturated heterocycles. The zero-order valence-corrected chi connectivity index (χ0v) is 16.9. The highest BCUT2D eigenvalue weighted by molar-refractivity contribution is 7.89. The molecule has 2 fully saturated rings. The van der Waals surface area contributed by atoms with E-state index >= 15 is 0 Å². The van der Waals surface area contributed by atoms with Crippen LogP contribution in [0.2, 0.25) is 0 Å². The number of nitrogens with zero attached hydrogens (tertiary/aromatic N) is 2. The average Bonchev–Trinajstić information content (AvgIpc) is 3.20. The van der Waals surface area contributed by atoms with Crippen molar-refractivity contribution in [1.82, 2.24) is 14.5 Å². The third-order valence-electron chi connectivity index (χ3n) is 5.25. The first-order valence-corrected chi connectivity index (χ1v) is 11.1. The van der Waals surface area contributed by atoms with Crippen LogP contribution in [0.15, 0.2) is 29.2 Å². The van der Waals surface area contributed by atoms with E-state index in [2.05, 4.69) is 23.5 Å². The fourth-order valence-electron chi connectivity index (χ4n) is 3.51. The Kier molecular flexibility index (Phi) is 6.52. The van der Waals surface area contributed by atoms with Gasteiger partial charge < -0.3 is 9.64 Å². The molecule has 1 aromatic rings. The summed E-state index contributed by atoms with van der Waals surface area (Å²) in [4.78, 5) is 17.0. The molecule has 0 spiro atoms. The molecule has 1 atom stereocenters. The highest BCUT2D eigenvalue weighted by Crippen LogP contribution is 2.16. The molecule has 0 aromatic heterocycles. The summed E-state index contributed by atoms with van der Waals surface area (Å²) in [5, 5.41) is 0. The lowest BCUT2D eigenvalue weighted by Crippen LogP contribution is -2.50. The monoisotopic (exact) mass is 395 g/mol. The predicted octanol–water partition coefficient (Wildman–Crippen LogP) is 1.31. The fraction of sp³-hybridized carbons (Fsp3) is 0.632. The SMILES string of the molecule is CC(C)N1CCN(C(=O)c2cccc(S(=O)(=O)NCC3CCCO3)c2)CC1. The molecule has 1 unspecified atom stereocenters. The molecule has 0 aliphatic carbocycles. The van der Waals surface area contributed by atoms with Crippen molar-refractivity contribution in [3.8, 4) is 0 Å². The van der Waals surface area contributed by atoms with Crippen LogP contribution in [-0.4, -0.2) is 75.6 Å². The summed E-state index contributed by atoms with van der Waals surface area (Å²) in [6.45, 7) is 8.23. The lowest BCUT2D eigenvalue weighted by molar-refractivity contribution is 0.0595. The number of piperazine rings is 1. The molecule has 2 aliphatic heterocycles. The van der Waals surface area contributed by atoms with Gasteiger partial charge in [-0.3, -0.25) is 9.69 Å². The van der Waals surface area contributed by atoms with Crippen molar-refractivity contribution < 1.29 is 17.9 Å². The zero-order valence-electron chi connectivity index (χ0n) is 16.1. The Bertz CT molecular complexity index is 752. The largest absolute Gasteiger partial charge is 0.377 e. The van der Waals surface area contributed by atoms with Crippen molar-refractivity contribution in [1.29, 1.82) is 0 Å². The molecule has 1 amide bonds. The van der Waals surface area contributed by atoms with Gasteiger partial charge in [0.05, 0.1) is 11.0 Å². The summed E-state index contributed by atoms with van der Waals surface area (Å²) >= 11 is 0. The molecule has 1 N–H and O–H groups in total. The minimum Gasteiger partial charge on any atom is -0.377 e. The molecule has 8 heteroatoms. The Morgan fingerprint density at radius 1 is 1.26 bits per heavy atom. The summed E-state index contributed by atoms with van der Waals surface area (Å²) in [5.41, 5.74) is 0.410. The average molecular weight is 396 g/mol. The molecular weight excluding hydrogens is 366 g/mol. The predicted molar refractivity (Wildman–Crippen MR) is 103 cm³/mol. The summed E-state index contributed by atoms with van der Waals surface area (Å²) in [6.07, 6.45) is 1.76. The summed E-state index contributed by atoms with van der Waals surface area (Å²) in [5.74, 6) is -0.116. The van der Waals surface area contributed by atoms with E-state index in [1.54, 1.807) is 17.0 Å². The van der Waals surface area contributed by atoms with Crippen LogP contribution in [0.4, 0.5) is 0 Å².